The van der Waals surface area contributed by atoms with E-state index < -0.39 is 0 Å². The van der Waals surface area contributed by atoms with E-state index in [-0.39, 0.29) is 11.7 Å². The molecule has 6 heteroatoms. The highest BCUT2D eigenvalue weighted by molar-refractivity contribution is 7.15. The molecule has 0 spiro atoms. The van der Waals surface area contributed by atoms with Crippen LogP contribution in [-0.4, -0.2) is 39.1 Å². The summed E-state index contributed by atoms with van der Waals surface area (Å²) in [7, 11) is 1.95. The first-order valence-electron chi connectivity index (χ1n) is 6.46. The summed E-state index contributed by atoms with van der Waals surface area (Å²) < 4.78 is 1.55. The summed E-state index contributed by atoms with van der Waals surface area (Å²) >= 11 is 1.46. The van der Waals surface area contributed by atoms with Crippen molar-refractivity contribution in [2.45, 2.75) is 25.5 Å². The summed E-state index contributed by atoms with van der Waals surface area (Å²) in [5.41, 5.74) is 0.718. The van der Waals surface area contributed by atoms with Gasteiger partial charge in [0.2, 0.25) is 0 Å². The molecule has 2 aromatic heterocycles. The first-order valence-corrected chi connectivity index (χ1v) is 7.34. The Hall–Kier alpha value is -1.24. The number of aliphatic hydroxyl groups is 1. The van der Waals surface area contributed by atoms with Crippen LogP contribution in [0.25, 0.3) is 4.96 Å². The number of likely N-dealkylation sites (N-methyl/N-ethyl adjacent to an activating group) is 1. The summed E-state index contributed by atoms with van der Waals surface area (Å²) in [6.45, 7) is 1.23. The normalized spacial score (nSPS) is 17.2. The zero-order valence-corrected chi connectivity index (χ0v) is 11.6. The molecule has 5 nitrogen and oxygen atoms in total. The molecule has 0 radical (unpaired) electrons. The molecule has 2 aromatic rings. The molecule has 0 aromatic carbocycles. The van der Waals surface area contributed by atoms with Gasteiger partial charge in [-0.05, 0) is 25.8 Å². The van der Waals surface area contributed by atoms with Gasteiger partial charge in [0.25, 0.3) is 5.56 Å². The van der Waals surface area contributed by atoms with Gasteiger partial charge in [-0.25, -0.2) is 4.98 Å². The summed E-state index contributed by atoms with van der Waals surface area (Å²) in [5, 5.41) is 11.8. The second-order valence-corrected chi connectivity index (χ2v) is 6.12. The van der Waals surface area contributed by atoms with Gasteiger partial charge in [-0.1, -0.05) is 0 Å². The fourth-order valence-corrected chi connectivity index (χ4v) is 3.00. The number of hydrogen-bond acceptors (Lipinski definition) is 5. The van der Waals surface area contributed by atoms with Gasteiger partial charge in [0.1, 0.15) is 0 Å². The molecule has 1 aliphatic carbocycles. The Morgan fingerprint density at radius 2 is 2.42 bits per heavy atom. The topological polar surface area (TPSA) is 57.8 Å². The van der Waals surface area contributed by atoms with E-state index >= 15 is 0 Å². The molecule has 0 amide bonds. The number of nitrogens with zero attached hydrogens (tertiary/aromatic N) is 3. The minimum atomic E-state index is -0.253. The van der Waals surface area contributed by atoms with Crippen molar-refractivity contribution in [1.29, 1.82) is 0 Å². The Bertz CT molecular complexity index is 632. The van der Waals surface area contributed by atoms with Crippen molar-refractivity contribution >= 4 is 16.3 Å². The number of thiazole rings is 1. The average molecular weight is 279 g/mol. The maximum atomic E-state index is 11.8. The zero-order valence-electron chi connectivity index (χ0n) is 10.8. The second-order valence-electron chi connectivity index (χ2n) is 5.24. The Morgan fingerprint density at radius 3 is 3.16 bits per heavy atom. The summed E-state index contributed by atoms with van der Waals surface area (Å²) in [4.78, 5) is 19.0. The van der Waals surface area contributed by atoms with Crippen LogP contribution in [0.2, 0.25) is 0 Å². The quantitative estimate of drug-likeness (QED) is 0.885. The molecular weight excluding hydrogens is 262 g/mol. The Morgan fingerprint density at radius 1 is 1.63 bits per heavy atom. The molecule has 1 fully saturated rings. The van der Waals surface area contributed by atoms with E-state index in [1.165, 1.54) is 11.3 Å². The maximum Gasteiger partial charge on any atom is 0.258 e. The maximum absolute atomic E-state index is 11.8. The van der Waals surface area contributed by atoms with E-state index in [4.69, 9.17) is 0 Å². The zero-order chi connectivity index (χ0) is 13.4. The summed E-state index contributed by atoms with van der Waals surface area (Å²) in [6, 6.07) is 1.57. The largest absolute Gasteiger partial charge is 0.392 e. The smallest absolute Gasteiger partial charge is 0.258 e. The lowest BCUT2D eigenvalue weighted by Gasteiger charge is -2.19. The minimum Gasteiger partial charge on any atom is -0.392 e. The molecule has 19 heavy (non-hydrogen) atoms. The van der Waals surface area contributed by atoms with Crippen LogP contribution < -0.4 is 5.56 Å². The highest BCUT2D eigenvalue weighted by Crippen LogP contribution is 2.32. The van der Waals surface area contributed by atoms with E-state index in [9.17, 15) is 9.90 Å². The number of aliphatic hydroxyl groups excluding tert-OH is 1. The molecule has 1 unspecified atom stereocenters. The number of hydrogen-bond donors (Lipinski definition) is 1. The standard InChI is InChI=1S/C13H17N3O2S/c1-15(8-11(17)9-2-3-9)7-10-6-12(18)16-4-5-19-13(16)14-10/h4-6,9,11,17H,2-3,7-8H2,1H3. The molecule has 2 heterocycles. The number of rotatable bonds is 5. The number of aromatic nitrogens is 2. The van der Waals surface area contributed by atoms with Crippen LogP contribution in [0.5, 0.6) is 0 Å². The Balaban J connectivity index is 1.71. The van der Waals surface area contributed by atoms with Crippen molar-refractivity contribution in [2.24, 2.45) is 5.92 Å². The van der Waals surface area contributed by atoms with E-state index in [0.29, 0.717) is 19.0 Å². The molecule has 0 bridgehead atoms. The lowest BCUT2D eigenvalue weighted by atomic mass is 10.2. The van der Waals surface area contributed by atoms with Gasteiger partial charge in [0, 0.05) is 30.7 Å². The Labute approximate surface area is 115 Å². The van der Waals surface area contributed by atoms with E-state index in [1.807, 2.05) is 17.3 Å². The Kier molecular flexibility index (Phi) is 3.38. The highest BCUT2D eigenvalue weighted by Gasteiger charge is 2.30. The van der Waals surface area contributed by atoms with E-state index in [2.05, 4.69) is 4.98 Å². The monoisotopic (exact) mass is 279 g/mol. The van der Waals surface area contributed by atoms with Crippen LogP contribution in [0.3, 0.4) is 0 Å². The van der Waals surface area contributed by atoms with Crippen molar-refractivity contribution in [3.05, 3.63) is 33.7 Å². The van der Waals surface area contributed by atoms with E-state index in [0.717, 1.165) is 23.5 Å². The molecule has 0 saturated heterocycles. The predicted octanol–water partition coefficient (Wildman–Crippen LogP) is 0.959. The second kappa shape index (κ2) is 5.03. The van der Waals surface area contributed by atoms with Crippen LogP contribution in [0.4, 0.5) is 0 Å². The van der Waals surface area contributed by atoms with Crippen molar-refractivity contribution in [3.63, 3.8) is 0 Å². The lowest BCUT2D eigenvalue weighted by Crippen LogP contribution is -2.30. The number of fused-ring (bicyclic) bond motifs is 1. The fourth-order valence-electron chi connectivity index (χ4n) is 2.26. The van der Waals surface area contributed by atoms with E-state index in [1.54, 1.807) is 16.7 Å². The van der Waals surface area contributed by atoms with Crippen LogP contribution in [0.15, 0.2) is 22.4 Å². The molecule has 1 atom stereocenters. The molecule has 3 rings (SSSR count). The van der Waals surface area contributed by atoms with Crippen molar-refractivity contribution in [3.8, 4) is 0 Å². The summed E-state index contributed by atoms with van der Waals surface area (Å²) in [5.74, 6) is 0.473. The van der Waals surface area contributed by atoms with Gasteiger partial charge in [0.15, 0.2) is 4.96 Å². The van der Waals surface area contributed by atoms with Crippen LogP contribution in [-0.2, 0) is 6.54 Å². The van der Waals surface area contributed by atoms with Crippen LogP contribution in [0, 0.1) is 5.92 Å². The fraction of sp³-hybridized carbons (Fsp3) is 0.538. The summed E-state index contributed by atoms with van der Waals surface area (Å²) in [6.07, 6.45) is 3.75. The molecule has 1 N–H and O–H groups in total. The third kappa shape index (κ3) is 2.86. The van der Waals surface area contributed by atoms with Crippen LogP contribution >= 0.6 is 11.3 Å². The van der Waals surface area contributed by atoms with Gasteiger partial charge in [-0.2, -0.15) is 0 Å². The van der Waals surface area contributed by atoms with Crippen molar-refractivity contribution in [1.82, 2.24) is 14.3 Å². The minimum absolute atomic E-state index is 0.0441. The third-order valence-corrected chi connectivity index (χ3v) is 4.21. The first kappa shape index (κ1) is 12.8. The van der Waals surface area contributed by atoms with Gasteiger partial charge >= 0.3 is 0 Å². The van der Waals surface area contributed by atoms with Gasteiger partial charge in [-0.15, -0.1) is 11.3 Å². The van der Waals surface area contributed by atoms with Gasteiger partial charge < -0.3 is 5.11 Å². The lowest BCUT2D eigenvalue weighted by molar-refractivity contribution is 0.104. The third-order valence-electron chi connectivity index (χ3n) is 3.45. The molecule has 1 aliphatic rings. The molecular formula is C13H17N3O2S. The molecule has 1 saturated carbocycles. The molecule has 102 valence electrons. The molecule has 0 aliphatic heterocycles. The van der Waals surface area contributed by atoms with Crippen molar-refractivity contribution in [2.75, 3.05) is 13.6 Å². The SMILES string of the molecule is CN(Cc1cc(=O)n2ccsc2n1)CC(O)C1CC1. The predicted molar refractivity (Wildman–Crippen MR) is 74.4 cm³/mol. The van der Waals surface area contributed by atoms with Crippen LogP contribution in [0.1, 0.15) is 18.5 Å². The van der Waals surface area contributed by atoms with Gasteiger partial charge in [0.05, 0.1) is 11.8 Å². The first-order chi connectivity index (χ1) is 9.13. The average Bonchev–Trinajstić information content (AvgIpc) is 3.08. The van der Waals surface area contributed by atoms with Gasteiger partial charge in [-0.3, -0.25) is 14.1 Å². The highest BCUT2D eigenvalue weighted by atomic mass is 32.1. The van der Waals surface area contributed by atoms with Crippen molar-refractivity contribution < 1.29 is 5.11 Å².